The van der Waals surface area contributed by atoms with Crippen molar-refractivity contribution in [2.45, 2.75) is 6.42 Å². The van der Waals surface area contributed by atoms with Gasteiger partial charge < -0.3 is 10.2 Å². The summed E-state index contributed by atoms with van der Waals surface area (Å²) in [5.74, 6) is -0.287. The zero-order chi connectivity index (χ0) is 19.9. The highest BCUT2D eigenvalue weighted by atomic mass is 35.5. The molecule has 5 heteroatoms. The van der Waals surface area contributed by atoms with Gasteiger partial charge in [0.05, 0.1) is 0 Å². The Morgan fingerprint density at radius 1 is 0.857 bits per heavy atom. The van der Waals surface area contributed by atoms with Gasteiger partial charge in [-0.15, -0.1) is 0 Å². The van der Waals surface area contributed by atoms with Crippen molar-refractivity contribution in [2.75, 3.05) is 18.5 Å². The third-order valence-electron chi connectivity index (χ3n) is 4.45. The van der Waals surface area contributed by atoms with Crippen LogP contribution in [-0.2, 0) is 6.42 Å². The van der Waals surface area contributed by atoms with Gasteiger partial charge in [-0.3, -0.25) is 9.59 Å². The number of rotatable bonds is 6. The molecular weight excluding hydrogens is 372 g/mol. The van der Waals surface area contributed by atoms with Crippen LogP contribution in [0.4, 0.5) is 5.69 Å². The van der Waals surface area contributed by atoms with E-state index >= 15 is 0 Å². The molecule has 1 N–H and O–H groups in total. The van der Waals surface area contributed by atoms with Gasteiger partial charge in [0, 0.05) is 35.4 Å². The summed E-state index contributed by atoms with van der Waals surface area (Å²) in [6, 6.07) is 23.7. The number of hydrogen-bond donors (Lipinski definition) is 1. The van der Waals surface area contributed by atoms with Crippen LogP contribution in [0.2, 0.25) is 5.02 Å². The molecule has 3 rings (SSSR count). The molecule has 0 spiro atoms. The number of anilines is 1. The molecule has 142 valence electrons. The van der Waals surface area contributed by atoms with E-state index in [1.165, 1.54) is 0 Å². The van der Waals surface area contributed by atoms with Crippen LogP contribution in [-0.4, -0.2) is 25.4 Å². The minimum absolute atomic E-state index is 0.124. The molecule has 0 aliphatic rings. The lowest BCUT2D eigenvalue weighted by Crippen LogP contribution is -2.27. The minimum Gasteiger partial charge on any atom is -0.352 e. The second kappa shape index (κ2) is 9.20. The van der Waals surface area contributed by atoms with Crippen molar-refractivity contribution in [3.8, 4) is 0 Å². The first-order valence-electron chi connectivity index (χ1n) is 9.00. The topological polar surface area (TPSA) is 49.4 Å². The minimum atomic E-state index is -0.163. The maximum Gasteiger partial charge on any atom is 0.258 e. The molecular formula is C23H21ClN2O2. The zero-order valence-corrected chi connectivity index (χ0v) is 16.3. The van der Waals surface area contributed by atoms with E-state index in [1.807, 2.05) is 54.6 Å². The van der Waals surface area contributed by atoms with Crippen molar-refractivity contribution in [1.82, 2.24) is 5.32 Å². The highest BCUT2D eigenvalue weighted by Gasteiger charge is 2.14. The molecule has 4 nitrogen and oxygen atoms in total. The van der Waals surface area contributed by atoms with Crippen molar-refractivity contribution in [2.24, 2.45) is 0 Å². The van der Waals surface area contributed by atoms with Gasteiger partial charge in [-0.2, -0.15) is 0 Å². The van der Waals surface area contributed by atoms with E-state index in [0.29, 0.717) is 22.7 Å². The summed E-state index contributed by atoms with van der Waals surface area (Å²) in [6.07, 6.45) is 0.724. The zero-order valence-electron chi connectivity index (χ0n) is 15.6. The van der Waals surface area contributed by atoms with Crippen LogP contribution >= 0.6 is 11.6 Å². The van der Waals surface area contributed by atoms with E-state index < -0.39 is 0 Å². The Kier molecular flexibility index (Phi) is 6.45. The molecule has 3 aromatic carbocycles. The Morgan fingerprint density at radius 2 is 1.46 bits per heavy atom. The molecule has 0 atom stereocenters. The van der Waals surface area contributed by atoms with Crippen LogP contribution in [0.15, 0.2) is 78.9 Å². The summed E-state index contributed by atoms with van der Waals surface area (Å²) in [6.45, 7) is 0.526. The molecule has 0 saturated heterocycles. The number of hydrogen-bond acceptors (Lipinski definition) is 2. The number of carbonyl (C=O) groups excluding carboxylic acids is 2. The Hall–Kier alpha value is -3.11. The Bertz CT molecular complexity index is 939. The van der Waals surface area contributed by atoms with Crippen LogP contribution in [0.1, 0.15) is 26.3 Å². The number of nitrogens with one attached hydrogen (secondary N) is 1. The predicted molar refractivity (Wildman–Crippen MR) is 113 cm³/mol. The fraction of sp³-hybridized carbons (Fsp3) is 0.130. The van der Waals surface area contributed by atoms with Crippen molar-refractivity contribution in [3.63, 3.8) is 0 Å². The Balaban J connectivity index is 1.56. The van der Waals surface area contributed by atoms with Crippen molar-refractivity contribution < 1.29 is 9.59 Å². The Labute approximate surface area is 169 Å². The summed E-state index contributed by atoms with van der Waals surface area (Å²) in [4.78, 5) is 26.5. The number of benzene rings is 3. The van der Waals surface area contributed by atoms with E-state index in [1.54, 1.807) is 36.2 Å². The summed E-state index contributed by atoms with van der Waals surface area (Å²) in [5, 5.41) is 3.59. The third kappa shape index (κ3) is 4.99. The van der Waals surface area contributed by atoms with Gasteiger partial charge >= 0.3 is 0 Å². The fourth-order valence-corrected chi connectivity index (χ4v) is 2.93. The summed E-state index contributed by atoms with van der Waals surface area (Å²) < 4.78 is 0. The molecule has 28 heavy (non-hydrogen) atoms. The number of carbonyl (C=O) groups is 2. The molecule has 0 bridgehead atoms. The van der Waals surface area contributed by atoms with Crippen molar-refractivity contribution in [3.05, 3.63) is 101 Å². The molecule has 0 unspecified atom stereocenters. The SMILES string of the molecule is CN(C(=O)c1ccc(C(=O)NCCc2ccc(Cl)cc2)cc1)c1ccccc1. The second-order valence-corrected chi connectivity index (χ2v) is 6.85. The second-order valence-electron chi connectivity index (χ2n) is 6.41. The van der Waals surface area contributed by atoms with Crippen LogP contribution in [0, 0.1) is 0 Å². The number of halogens is 1. The monoisotopic (exact) mass is 392 g/mol. The van der Waals surface area contributed by atoms with E-state index in [-0.39, 0.29) is 11.8 Å². The summed E-state index contributed by atoms with van der Waals surface area (Å²) in [7, 11) is 1.73. The largest absolute Gasteiger partial charge is 0.352 e. The number of nitrogens with zero attached hydrogens (tertiary/aromatic N) is 1. The van der Waals surface area contributed by atoms with E-state index in [9.17, 15) is 9.59 Å². The lowest BCUT2D eigenvalue weighted by atomic mass is 10.1. The van der Waals surface area contributed by atoms with Gasteiger partial charge in [0.1, 0.15) is 0 Å². The molecule has 3 aromatic rings. The maximum atomic E-state index is 12.6. The van der Waals surface area contributed by atoms with Crippen molar-refractivity contribution in [1.29, 1.82) is 0 Å². The fourth-order valence-electron chi connectivity index (χ4n) is 2.80. The van der Waals surface area contributed by atoms with Crippen molar-refractivity contribution >= 4 is 29.1 Å². The average Bonchev–Trinajstić information content (AvgIpc) is 2.74. The van der Waals surface area contributed by atoms with Gasteiger partial charge in [0.25, 0.3) is 11.8 Å². The maximum absolute atomic E-state index is 12.6. The quantitative estimate of drug-likeness (QED) is 0.667. The summed E-state index contributed by atoms with van der Waals surface area (Å²) in [5.41, 5.74) is 2.98. The van der Waals surface area contributed by atoms with E-state index in [4.69, 9.17) is 11.6 Å². The van der Waals surface area contributed by atoms with Crippen LogP contribution in [0.5, 0.6) is 0 Å². The highest BCUT2D eigenvalue weighted by Crippen LogP contribution is 2.15. The first-order chi connectivity index (χ1) is 13.5. The molecule has 0 fully saturated rings. The average molecular weight is 393 g/mol. The lowest BCUT2D eigenvalue weighted by Gasteiger charge is -2.17. The lowest BCUT2D eigenvalue weighted by molar-refractivity contribution is 0.0951. The van der Waals surface area contributed by atoms with Gasteiger partial charge in [0.2, 0.25) is 0 Å². The van der Waals surface area contributed by atoms with Gasteiger partial charge in [-0.05, 0) is 60.5 Å². The summed E-state index contributed by atoms with van der Waals surface area (Å²) >= 11 is 5.87. The third-order valence-corrected chi connectivity index (χ3v) is 4.71. The smallest absolute Gasteiger partial charge is 0.258 e. The number of amides is 2. The van der Waals surface area contributed by atoms with Gasteiger partial charge in [-0.25, -0.2) is 0 Å². The standard InChI is InChI=1S/C23H21ClN2O2/c1-26(21-5-3-2-4-6-21)23(28)19-11-9-18(10-12-19)22(27)25-16-15-17-7-13-20(24)14-8-17/h2-14H,15-16H2,1H3,(H,25,27). The normalized spacial score (nSPS) is 10.4. The van der Waals surface area contributed by atoms with E-state index in [0.717, 1.165) is 17.7 Å². The van der Waals surface area contributed by atoms with Gasteiger partial charge in [0.15, 0.2) is 0 Å². The molecule has 0 saturated carbocycles. The van der Waals surface area contributed by atoms with Crippen LogP contribution in [0.25, 0.3) is 0 Å². The molecule has 2 amide bonds. The first-order valence-corrected chi connectivity index (χ1v) is 9.38. The molecule has 0 heterocycles. The number of para-hydroxylation sites is 1. The molecule has 0 aliphatic heterocycles. The molecule has 0 aliphatic carbocycles. The van der Waals surface area contributed by atoms with E-state index in [2.05, 4.69) is 5.32 Å². The Morgan fingerprint density at radius 3 is 2.11 bits per heavy atom. The van der Waals surface area contributed by atoms with Gasteiger partial charge in [-0.1, -0.05) is 41.9 Å². The molecule has 0 radical (unpaired) electrons. The van der Waals surface area contributed by atoms with Crippen LogP contribution in [0.3, 0.4) is 0 Å². The first kappa shape index (κ1) is 19.6. The molecule has 0 aromatic heterocycles. The highest BCUT2D eigenvalue weighted by molar-refractivity contribution is 6.30. The van der Waals surface area contributed by atoms with Crippen LogP contribution < -0.4 is 10.2 Å². The predicted octanol–water partition coefficient (Wildman–Crippen LogP) is 4.59.